The van der Waals surface area contributed by atoms with Gasteiger partial charge in [-0.15, -0.1) is 0 Å². The number of aromatic nitrogens is 2. The van der Waals surface area contributed by atoms with Crippen LogP contribution in [0.4, 0.5) is 0 Å². The maximum atomic E-state index is 12.6. The molecule has 3 rings (SSSR count). The minimum atomic E-state index is -3.45. The van der Waals surface area contributed by atoms with E-state index >= 15 is 0 Å². The fraction of sp³-hybridized carbons (Fsp3) is 0.769. The van der Waals surface area contributed by atoms with Gasteiger partial charge in [-0.2, -0.15) is 9.40 Å². The largest absolute Gasteiger partial charge is 0.310 e. The first-order valence-electron chi connectivity index (χ1n) is 7.29. The fourth-order valence-electron chi connectivity index (χ4n) is 2.48. The lowest BCUT2D eigenvalue weighted by Gasteiger charge is -2.29. The molecule has 0 radical (unpaired) electrons. The van der Waals surface area contributed by atoms with Gasteiger partial charge in [-0.25, -0.2) is 8.42 Å². The predicted octanol–water partition coefficient (Wildman–Crippen LogP) is 1.08. The molecular weight excluding hydrogens is 276 g/mol. The third-order valence-electron chi connectivity index (χ3n) is 4.24. The number of hydrogen-bond acceptors (Lipinski definition) is 4. The van der Waals surface area contributed by atoms with Crippen LogP contribution in [0.25, 0.3) is 0 Å². The minimum Gasteiger partial charge on any atom is -0.310 e. The average Bonchev–Trinajstić information content (AvgIpc) is 3.07. The highest BCUT2D eigenvalue weighted by Gasteiger charge is 2.30. The van der Waals surface area contributed by atoms with E-state index in [9.17, 15) is 8.42 Å². The van der Waals surface area contributed by atoms with Gasteiger partial charge in [-0.05, 0) is 31.6 Å². The van der Waals surface area contributed by atoms with E-state index in [1.54, 1.807) is 13.2 Å². The number of nitrogens with one attached hydrogen (secondary N) is 2. The summed E-state index contributed by atoms with van der Waals surface area (Å²) in [6.07, 6.45) is 7.47. The van der Waals surface area contributed by atoms with Crippen LogP contribution in [-0.2, 0) is 16.6 Å². The third kappa shape index (κ3) is 2.89. The number of H-pyrrole nitrogens is 1. The normalized spacial score (nSPS) is 20.3. The van der Waals surface area contributed by atoms with Crippen LogP contribution >= 0.6 is 0 Å². The maximum Gasteiger partial charge on any atom is 0.260 e. The first kappa shape index (κ1) is 14.0. The SMILES string of the molecule is CN(CC1CCC1)S(=O)(=O)c1[nH]ncc1CNC1CC1. The number of rotatable bonds is 7. The van der Waals surface area contributed by atoms with Crippen LogP contribution in [0.15, 0.2) is 11.2 Å². The molecule has 2 N–H and O–H groups in total. The molecule has 0 bridgehead atoms. The summed E-state index contributed by atoms with van der Waals surface area (Å²) in [5.74, 6) is 0.519. The lowest BCUT2D eigenvalue weighted by Crippen LogP contribution is -2.35. The lowest BCUT2D eigenvalue weighted by atomic mass is 9.86. The predicted molar refractivity (Wildman–Crippen MR) is 75.6 cm³/mol. The Morgan fingerprint density at radius 3 is 2.75 bits per heavy atom. The van der Waals surface area contributed by atoms with Crippen molar-refractivity contribution in [3.05, 3.63) is 11.8 Å². The summed E-state index contributed by atoms with van der Waals surface area (Å²) < 4.78 is 26.6. The van der Waals surface area contributed by atoms with E-state index in [4.69, 9.17) is 0 Å². The molecule has 2 aliphatic carbocycles. The van der Waals surface area contributed by atoms with Gasteiger partial charge in [0.1, 0.15) is 0 Å². The molecule has 0 saturated heterocycles. The molecule has 6 nitrogen and oxygen atoms in total. The highest BCUT2D eigenvalue weighted by atomic mass is 32.2. The molecule has 0 spiro atoms. The lowest BCUT2D eigenvalue weighted by molar-refractivity contribution is 0.262. The van der Waals surface area contributed by atoms with E-state index in [0.29, 0.717) is 25.0 Å². The van der Waals surface area contributed by atoms with Crippen LogP contribution < -0.4 is 5.32 Å². The Balaban J connectivity index is 1.70. The number of hydrogen-bond donors (Lipinski definition) is 2. The smallest absolute Gasteiger partial charge is 0.260 e. The molecule has 1 aromatic rings. The minimum absolute atomic E-state index is 0.243. The van der Waals surface area contributed by atoms with Crippen LogP contribution in [0.1, 0.15) is 37.7 Å². The summed E-state index contributed by atoms with van der Waals surface area (Å²) in [6, 6.07) is 0.549. The molecule has 1 aromatic heterocycles. The average molecular weight is 298 g/mol. The second-order valence-corrected chi connectivity index (χ2v) is 7.94. The summed E-state index contributed by atoms with van der Waals surface area (Å²) in [4.78, 5) is 0. The molecular formula is C13H22N4O2S. The highest BCUT2D eigenvalue weighted by Crippen LogP contribution is 2.28. The number of sulfonamides is 1. The number of aromatic amines is 1. The molecule has 0 aliphatic heterocycles. The standard InChI is InChI=1S/C13H22N4O2S/c1-17(9-10-3-2-4-10)20(18,19)13-11(8-15-16-13)7-14-12-5-6-12/h8,10,12,14H,2-7,9H2,1H3,(H,15,16). The van der Waals surface area contributed by atoms with Crippen LogP contribution in [-0.4, -0.2) is 42.6 Å². The van der Waals surface area contributed by atoms with Gasteiger partial charge in [-0.3, -0.25) is 5.10 Å². The quantitative estimate of drug-likeness (QED) is 0.789. The van der Waals surface area contributed by atoms with Crippen LogP contribution in [0.3, 0.4) is 0 Å². The summed E-state index contributed by atoms with van der Waals surface area (Å²) in [6.45, 7) is 1.17. The zero-order valence-corrected chi connectivity index (χ0v) is 12.6. The number of nitrogens with zero attached hydrogens (tertiary/aromatic N) is 2. The zero-order chi connectivity index (χ0) is 14.2. The van der Waals surface area contributed by atoms with Crippen LogP contribution in [0, 0.1) is 5.92 Å². The fourth-order valence-corrected chi connectivity index (χ4v) is 3.83. The Morgan fingerprint density at radius 2 is 2.15 bits per heavy atom. The van der Waals surface area contributed by atoms with Crippen molar-refractivity contribution in [2.24, 2.45) is 5.92 Å². The van der Waals surface area contributed by atoms with Crippen molar-refractivity contribution >= 4 is 10.0 Å². The van der Waals surface area contributed by atoms with Crippen molar-refractivity contribution in [1.82, 2.24) is 19.8 Å². The second-order valence-electron chi connectivity index (χ2n) is 5.96. The van der Waals surface area contributed by atoms with E-state index < -0.39 is 10.0 Å². The summed E-state index contributed by atoms with van der Waals surface area (Å²) in [5.41, 5.74) is 0.734. The van der Waals surface area contributed by atoms with Gasteiger partial charge < -0.3 is 5.32 Å². The summed E-state index contributed by atoms with van der Waals surface area (Å²) in [7, 11) is -1.79. The molecule has 2 aliphatic rings. The van der Waals surface area contributed by atoms with Crippen molar-refractivity contribution in [3.8, 4) is 0 Å². The van der Waals surface area contributed by atoms with Crippen LogP contribution in [0.5, 0.6) is 0 Å². The molecule has 20 heavy (non-hydrogen) atoms. The molecule has 112 valence electrons. The summed E-state index contributed by atoms with van der Waals surface area (Å²) >= 11 is 0. The molecule has 0 unspecified atom stereocenters. The second kappa shape index (κ2) is 5.46. The highest BCUT2D eigenvalue weighted by molar-refractivity contribution is 7.89. The molecule has 1 heterocycles. The Bertz CT molecular complexity index is 561. The molecule has 2 fully saturated rings. The van der Waals surface area contributed by atoms with Crippen molar-refractivity contribution in [3.63, 3.8) is 0 Å². The molecule has 0 aromatic carbocycles. The molecule has 0 atom stereocenters. The van der Waals surface area contributed by atoms with Gasteiger partial charge in [0, 0.05) is 31.7 Å². The van der Waals surface area contributed by atoms with E-state index in [1.807, 2.05) is 0 Å². The van der Waals surface area contributed by atoms with Crippen molar-refractivity contribution in [2.45, 2.75) is 49.7 Å². The van der Waals surface area contributed by atoms with Gasteiger partial charge in [0.15, 0.2) is 5.03 Å². The van der Waals surface area contributed by atoms with Gasteiger partial charge in [0.05, 0.1) is 6.20 Å². The first-order chi connectivity index (χ1) is 9.57. The topological polar surface area (TPSA) is 78.1 Å². The van der Waals surface area contributed by atoms with Crippen molar-refractivity contribution in [2.75, 3.05) is 13.6 Å². The third-order valence-corrected chi connectivity index (χ3v) is 6.08. The molecule has 2 saturated carbocycles. The first-order valence-corrected chi connectivity index (χ1v) is 8.73. The maximum absolute atomic E-state index is 12.6. The Hall–Kier alpha value is -0.920. The Kier molecular flexibility index (Phi) is 3.83. The molecule has 0 amide bonds. The van der Waals surface area contributed by atoms with E-state index in [0.717, 1.165) is 18.4 Å². The van der Waals surface area contributed by atoms with Crippen molar-refractivity contribution < 1.29 is 8.42 Å². The van der Waals surface area contributed by atoms with E-state index in [2.05, 4.69) is 15.5 Å². The van der Waals surface area contributed by atoms with Crippen molar-refractivity contribution in [1.29, 1.82) is 0 Å². The van der Waals surface area contributed by atoms with Gasteiger partial charge in [0.2, 0.25) is 0 Å². The Labute approximate surface area is 120 Å². The Morgan fingerprint density at radius 1 is 1.40 bits per heavy atom. The molecule has 7 heteroatoms. The van der Waals surface area contributed by atoms with E-state index in [1.165, 1.54) is 23.6 Å². The van der Waals surface area contributed by atoms with Gasteiger partial charge in [0.25, 0.3) is 10.0 Å². The van der Waals surface area contributed by atoms with E-state index in [-0.39, 0.29) is 5.03 Å². The zero-order valence-electron chi connectivity index (χ0n) is 11.8. The monoisotopic (exact) mass is 298 g/mol. The van der Waals surface area contributed by atoms with Gasteiger partial charge >= 0.3 is 0 Å². The summed E-state index contributed by atoms with van der Waals surface area (Å²) in [5, 5.41) is 10.1. The van der Waals surface area contributed by atoms with Gasteiger partial charge in [-0.1, -0.05) is 6.42 Å². The van der Waals surface area contributed by atoms with Crippen LogP contribution in [0.2, 0.25) is 0 Å².